The third kappa shape index (κ3) is 4.09. The number of amides is 2. The van der Waals surface area contributed by atoms with Gasteiger partial charge in [0.2, 0.25) is 5.43 Å². The molecule has 0 unspecified atom stereocenters. The van der Waals surface area contributed by atoms with Gasteiger partial charge >= 0.3 is 0 Å². The molecule has 2 N–H and O–H groups in total. The van der Waals surface area contributed by atoms with E-state index in [-0.39, 0.29) is 17.8 Å². The molecule has 0 spiro atoms. The summed E-state index contributed by atoms with van der Waals surface area (Å²) in [5.41, 5.74) is -2.35. The summed E-state index contributed by atoms with van der Waals surface area (Å²) in [4.78, 5) is 39.5. The third-order valence-electron chi connectivity index (χ3n) is 5.86. The fourth-order valence-corrected chi connectivity index (χ4v) is 3.99. The fourth-order valence-electron chi connectivity index (χ4n) is 3.99. The van der Waals surface area contributed by atoms with Crippen molar-refractivity contribution in [3.05, 3.63) is 62.8 Å². The molecule has 0 saturated carbocycles. The molecule has 1 aromatic carbocycles. The van der Waals surface area contributed by atoms with Gasteiger partial charge in [-0.3, -0.25) is 14.4 Å². The maximum absolute atomic E-state index is 13.8. The molecule has 1 aromatic heterocycles. The molecule has 0 radical (unpaired) electrons. The van der Waals surface area contributed by atoms with E-state index in [1.165, 1.54) is 15.7 Å². The van der Waals surface area contributed by atoms with E-state index in [0.29, 0.717) is 18.6 Å². The van der Waals surface area contributed by atoms with E-state index < -0.39 is 58.1 Å². The van der Waals surface area contributed by atoms with Crippen molar-refractivity contribution in [2.45, 2.75) is 51.7 Å². The molecule has 1 aliphatic heterocycles. The van der Waals surface area contributed by atoms with Gasteiger partial charge in [-0.05, 0) is 13.3 Å². The first kappa shape index (κ1) is 23.4. The van der Waals surface area contributed by atoms with E-state index in [9.17, 15) is 32.7 Å². The van der Waals surface area contributed by atoms with E-state index >= 15 is 0 Å². The number of hydrogen-bond donors (Lipinski definition) is 2. The molecule has 1 aliphatic rings. The number of nitrogens with one attached hydrogen (secondary N) is 1. The lowest BCUT2D eigenvalue weighted by atomic mass is 9.96. The summed E-state index contributed by atoms with van der Waals surface area (Å²) in [6.45, 7) is 3.18. The molecule has 0 aliphatic carbocycles. The van der Waals surface area contributed by atoms with Crippen molar-refractivity contribution < 1.29 is 27.9 Å². The van der Waals surface area contributed by atoms with Crippen LogP contribution in [-0.2, 0) is 6.54 Å². The summed E-state index contributed by atoms with van der Waals surface area (Å²) < 4.78 is 42.1. The Balaban J connectivity index is 1.95. The molecule has 0 saturated heterocycles. The Morgan fingerprint density at radius 3 is 2.41 bits per heavy atom. The molecule has 2 aromatic rings. The number of likely N-dealkylation sites (N-methyl/N-ethyl adjacent to an activating group) is 1. The largest absolute Gasteiger partial charge is 0.503 e. The van der Waals surface area contributed by atoms with E-state index in [1.54, 1.807) is 7.05 Å². The Bertz CT molecular complexity index is 1110. The van der Waals surface area contributed by atoms with Gasteiger partial charge in [-0.25, -0.2) is 13.2 Å². The van der Waals surface area contributed by atoms with Crippen molar-refractivity contribution in [3.63, 3.8) is 0 Å². The van der Waals surface area contributed by atoms with Crippen LogP contribution in [0.25, 0.3) is 0 Å². The van der Waals surface area contributed by atoms with Crippen LogP contribution >= 0.6 is 0 Å². The molecule has 2 amide bonds. The highest BCUT2D eigenvalue weighted by Crippen LogP contribution is 2.32. The summed E-state index contributed by atoms with van der Waals surface area (Å²) in [6, 6.07) is 0.397. The van der Waals surface area contributed by atoms with Gasteiger partial charge in [0.15, 0.2) is 11.4 Å². The Morgan fingerprint density at radius 2 is 1.81 bits per heavy atom. The van der Waals surface area contributed by atoms with Gasteiger partial charge in [0.1, 0.15) is 23.0 Å². The van der Waals surface area contributed by atoms with Crippen LogP contribution in [0.5, 0.6) is 5.75 Å². The van der Waals surface area contributed by atoms with Crippen LogP contribution in [-0.4, -0.2) is 39.5 Å². The van der Waals surface area contributed by atoms with Crippen molar-refractivity contribution in [3.8, 4) is 5.75 Å². The summed E-state index contributed by atoms with van der Waals surface area (Å²) in [5.74, 6) is -5.88. The Morgan fingerprint density at radius 1 is 1.19 bits per heavy atom. The normalized spacial score (nSPS) is 17.9. The Kier molecular flexibility index (Phi) is 6.61. The van der Waals surface area contributed by atoms with Gasteiger partial charge in [0, 0.05) is 37.5 Å². The zero-order chi connectivity index (χ0) is 23.7. The summed E-state index contributed by atoms with van der Waals surface area (Å²) in [6.07, 6.45) is 3.64. The number of aromatic nitrogens is 1. The van der Waals surface area contributed by atoms with Crippen LogP contribution in [0.1, 0.15) is 65.6 Å². The summed E-state index contributed by atoms with van der Waals surface area (Å²) in [5, 5.41) is 12.6. The first-order chi connectivity index (χ1) is 15.1. The predicted molar refractivity (Wildman–Crippen MR) is 110 cm³/mol. The highest BCUT2D eigenvalue weighted by molar-refractivity contribution is 5.99. The first-order valence-electron chi connectivity index (χ1n) is 10.2. The number of hydrogen-bond acceptors (Lipinski definition) is 4. The molecule has 2 heterocycles. The molecular formula is C22H24F3N3O4. The number of fused-ring (bicyclic) bond motifs is 1. The lowest BCUT2D eigenvalue weighted by Gasteiger charge is -2.40. The van der Waals surface area contributed by atoms with E-state index in [2.05, 4.69) is 5.32 Å². The number of unbranched alkanes of at least 4 members (excludes halogenated alkanes) is 1. The number of rotatable bonds is 6. The lowest BCUT2D eigenvalue weighted by molar-refractivity contribution is 0.0578. The number of carbonyl (C=O) groups is 2. The second-order valence-corrected chi connectivity index (χ2v) is 7.87. The standard InChI is InChI=1S/C22H24F3N3O4/c1-4-5-6-17-11(2)28-10-14(19(29)20(30)18(28)22(32)27(17)3)21(31)26-9-13-15(24)7-12(23)8-16(13)25/h7-8,10-11,17,30H,4-6,9H2,1-3H3,(H,26,31)/t11-,17+/m0/s1. The molecular weight excluding hydrogens is 427 g/mol. The minimum Gasteiger partial charge on any atom is -0.503 e. The number of halogens is 3. The number of nitrogens with zero attached hydrogens (tertiary/aromatic N) is 2. The molecule has 32 heavy (non-hydrogen) atoms. The highest BCUT2D eigenvalue weighted by atomic mass is 19.1. The first-order valence-corrected chi connectivity index (χ1v) is 10.2. The Hall–Kier alpha value is -3.30. The average Bonchev–Trinajstić information content (AvgIpc) is 2.73. The number of carbonyl (C=O) groups excluding carboxylic acids is 2. The van der Waals surface area contributed by atoms with Crippen LogP contribution in [0.4, 0.5) is 13.2 Å². The lowest BCUT2D eigenvalue weighted by Crippen LogP contribution is -2.49. The molecule has 172 valence electrons. The molecule has 0 bridgehead atoms. The van der Waals surface area contributed by atoms with Crippen molar-refractivity contribution in [2.24, 2.45) is 0 Å². The van der Waals surface area contributed by atoms with E-state index in [0.717, 1.165) is 12.8 Å². The van der Waals surface area contributed by atoms with Gasteiger partial charge in [-0.2, -0.15) is 0 Å². The van der Waals surface area contributed by atoms with E-state index in [1.807, 2.05) is 13.8 Å². The number of pyridine rings is 1. The summed E-state index contributed by atoms with van der Waals surface area (Å²) in [7, 11) is 1.60. The van der Waals surface area contributed by atoms with Crippen LogP contribution in [0.15, 0.2) is 23.1 Å². The molecule has 3 rings (SSSR count). The second kappa shape index (κ2) is 9.05. The molecule has 0 fully saturated rings. The maximum atomic E-state index is 13.8. The smallest absolute Gasteiger partial charge is 0.274 e. The molecule has 2 atom stereocenters. The zero-order valence-electron chi connectivity index (χ0n) is 17.9. The van der Waals surface area contributed by atoms with Crippen LogP contribution in [0.3, 0.4) is 0 Å². The van der Waals surface area contributed by atoms with Crippen LogP contribution in [0.2, 0.25) is 0 Å². The Labute approximate surface area is 182 Å². The average molecular weight is 451 g/mol. The van der Waals surface area contributed by atoms with E-state index in [4.69, 9.17) is 0 Å². The predicted octanol–water partition coefficient (Wildman–Crippen LogP) is 3.11. The van der Waals surface area contributed by atoms with Crippen LogP contribution < -0.4 is 10.7 Å². The summed E-state index contributed by atoms with van der Waals surface area (Å²) >= 11 is 0. The quantitative estimate of drug-likeness (QED) is 0.706. The van der Waals surface area contributed by atoms with Crippen molar-refractivity contribution in [1.82, 2.24) is 14.8 Å². The van der Waals surface area contributed by atoms with Gasteiger partial charge in [0.25, 0.3) is 11.8 Å². The van der Waals surface area contributed by atoms with Gasteiger partial charge < -0.3 is 19.9 Å². The number of aromatic hydroxyl groups is 1. The zero-order valence-corrected chi connectivity index (χ0v) is 17.9. The van der Waals surface area contributed by atoms with Gasteiger partial charge in [-0.15, -0.1) is 0 Å². The molecule has 10 heteroatoms. The minimum absolute atomic E-state index is 0.213. The molecule has 7 nitrogen and oxygen atoms in total. The highest BCUT2D eigenvalue weighted by Gasteiger charge is 2.38. The van der Waals surface area contributed by atoms with Gasteiger partial charge in [0.05, 0.1) is 12.1 Å². The van der Waals surface area contributed by atoms with Crippen LogP contribution in [0, 0.1) is 17.5 Å². The minimum atomic E-state index is -1.19. The monoisotopic (exact) mass is 451 g/mol. The van der Waals surface area contributed by atoms with Gasteiger partial charge in [-0.1, -0.05) is 19.8 Å². The second-order valence-electron chi connectivity index (χ2n) is 7.87. The maximum Gasteiger partial charge on any atom is 0.274 e. The van der Waals surface area contributed by atoms with Crippen molar-refractivity contribution >= 4 is 11.8 Å². The number of benzene rings is 1. The van der Waals surface area contributed by atoms with Crippen molar-refractivity contribution in [2.75, 3.05) is 7.05 Å². The fraction of sp³-hybridized carbons (Fsp3) is 0.409. The topological polar surface area (TPSA) is 91.6 Å². The third-order valence-corrected chi connectivity index (χ3v) is 5.86. The van der Waals surface area contributed by atoms with Crippen molar-refractivity contribution in [1.29, 1.82) is 0 Å². The SMILES string of the molecule is CCCC[C@@H]1[C@H](C)n2cc(C(=O)NCc3c(F)cc(F)cc3F)c(=O)c(O)c2C(=O)N1C.